The molecule has 1 unspecified atom stereocenters. The standard InChI is InChI=1S/C8H14F3NO3/c1-3-14-4-5-15-6(13)7(2,12)8(9,10)11/h3-5,12H2,1-2H3. The van der Waals surface area contributed by atoms with Crippen molar-refractivity contribution in [2.75, 3.05) is 19.8 Å². The minimum Gasteiger partial charge on any atom is -0.462 e. The summed E-state index contributed by atoms with van der Waals surface area (Å²) < 4.78 is 45.7. The Morgan fingerprint density at radius 2 is 1.87 bits per heavy atom. The fourth-order valence-electron chi connectivity index (χ4n) is 0.603. The third-order valence-electron chi connectivity index (χ3n) is 1.68. The molecule has 0 aliphatic carbocycles. The van der Waals surface area contributed by atoms with Gasteiger partial charge in [0.2, 0.25) is 5.54 Å². The van der Waals surface area contributed by atoms with E-state index in [0.29, 0.717) is 13.5 Å². The topological polar surface area (TPSA) is 61.5 Å². The van der Waals surface area contributed by atoms with Crippen molar-refractivity contribution in [1.82, 2.24) is 0 Å². The van der Waals surface area contributed by atoms with Crippen LogP contribution in [-0.2, 0) is 14.3 Å². The minimum absolute atomic E-state index is 0.0518. The molecule has 0 heterocycles. The first-order valence-corrected chi connectivity index (χ1v) is 4.34. The second-order valence-electron chi connectivity index (χ2n) is 3.03. The van der Waals surface area contributed by atoms with Crippen LogP contribution in [0.3, 0.4) is 0 Å². The Morgan fingerprint density at radius 3 is 2.27 bits per heavy atom. The first-order valence-electron chi connectivity index (χ1n) is 4.34. The molecular weight excluding hydrogens is 215 g/mol. The van der Waals surface area contributed by atoms with Crippen molar-refractivity contribution >= 4 is 5.97 Å². The Labute approximate surface area is 85.5 Å². The molecule has 4 nitrogen and oxygen atoms in total. The van der Waals surface area contributed by atoms with Gasteiger partial charge in [-0.25, -0.2) is 4.79 Å². The van der Waals surface area contributed by atoms with Crippen molar-refractivity contribution in [3.8, 4) is 0 Å². The molecule has 0 aliphatic rings. The third-order valence-corrected chi connectivity index (χ3v) is 1.68. The maximum absolute atomic E-state index is 12.2. The first-order chi connectivity index (χ1) is 6.73. The smallest absolute Gasteiger partial charge is 0.416 e. The van der Waals surface area contributed by atoms with E-state index >= 15 is 0 Å². The van der Waals surface area contributed by atoms with Crippen LogP contribution < -0.4 is 5.73 Å². The Hall–Kier alpha value is -0.820. The molecule has 0 fully saturated rings. The summed E-state index contributed by atoms with van der Waals surface area (Å²) in [5.41, 5.74) is 1.84. The molecule has 0 aliphatic heterocycles. The van der Waals surface area contributed by atoms with E-state index in [4.69, 9.17) is 10.5 Å². The van der Waals surface area contributed by atoms with Gasteiger partial charge in [0.05, 0.1) is 6.61 Å². The van der Waals surface area contributed by atoms with Crippen molar-refractivity contribution in [3.63, 3.8) is 0 Å². The summed E-state index contributed by atoms with van der Waals surface area (Å²) in [6.45, 7) is 2.49. The zero-order chi connectivity index (χ0) is 12.1. The Kier molecular flexibility index (Phi) is 5.02. The summed E-state index contributed by atoms with van der Waals surface area (Å²) >= 11 is 0. The molecule has 0 spiro atoms. The van der Waals surface area contributed by atoms with Gasteiger partial charge in [-0.3, -0.25) is 0 Å². The second kappa shape index (κ2) is 5.32. The van der Waals surface area contributed by atoms with E-state index in [9.17, 15) is 18.0 Å². The lowest BCUT2D eigenvalue weighted by molar-refractivity contribution is -0.202. The molecule has 0 rings (SSSR count). The number of nitrogens with two attached hydrogens (primary N) is 1. The van der Waals surface area contributed by atoms with Crippen LogP contribution in [0.15, 0.2) is 0 Å². The van der Waals surface area contributed by atoms with Crippen LogP contribution in [0.2, 0.25) is 0 Å². The molecule has 0 saturated carbocycles. The Balaban J connectivity index is 4.10. The molecule has 90 valence electrons. The lowest BCUT2D eigenvalue weighted by Gasteiger charge is -2.24. The number of rotatable bonds is 5. The fraction of sp³-hybridized carbons (Fsp3) is 0.875. The highest BCUT2D eigenvalue weighted by atomic mass is 19.4. The van der Waals surface area contributed by atoms with Gasteiger partial charge in [0, 0.05) is 6.61 Å². The van der Waals surface area contributed by atoms with Crippen LogP contribution in [0.1, 0.15) is 13.8 Å². The van der Waals surface area contributed by atoms with E-state index < -0.39 is 17.7 Å². The van der Waals surface area contributed by atoms with Gasteiger partial charge < -0.3 is 15.2 Å². The zero-order valence-corrected chi connectivity index (χ0v) is 8.56. The van der Waals surface area contributed by atoms with Crippen LogP contribution in [-0.4, -0.2) is 37.5 Å². The molecule has 0 amide bonds. The number of alkyl halides is 3. The second-order valence-corrected chi connectivity index (χ2v) is 3.03. The number of esters is 1. The van der Waals surface area contributed by atoms with E-state index in [2.05, 4.69) is 4.74 Å². The highest BCUT2D eigenvalue weighted by Crippen LogP contribution is 2.28. The maximum atomic E-state index is 12.2. The number of carbonyl (C=O) groups is 1. The SMILES string of the molecule is CCOCCOC(=O)C(C)(N)C(F)(F)F. The van der Waals surface area contributed by atoms with Gasteiger partial charge in [-0.2, -0.15) is 13.2 Å². The summed E-state index contributed by atoms with van der Waals surface area (Å²) in [5.74, 6) is -1.50. The maximum Gasteiger partial charge on any atom is 0.416 e. The quantitative estimate of drug-likeness (QED) is 0.560. The molecular formula is C8H14F3NO3. The molecule has 15 heavy (non-hydrogen) atoms. The van der Waals surface area contributed by atoms with E-state index in [1.807, 2.05) is 0 Å². The minimum atomic E-state index is -4.82. The average Bonchev–Trinajstić information content (AvgIpc) is 2.10. The summed E-state index contributed by atoms with van der Waals surface area (Å²) in [6.07, 6.45) is -4.82. The Morgan fingerprint density at radius 1 is 1.33 bits per heavy atom. The van der Waals surface area contributed by atoms with Crippen LogP contribution >= 0.6 is 0 Å². The number of hydrogen-bond acceptors (Lipinski definition) is 4. The molecule has 0 radical (unpaired) electrons. The third kappa shape index (κ3) is 4.05. The van der Waals surface area contributed by atoms with E-state index in [-0.39, 0.29) is 13.2 Å². The van der Waals surface area contributed by atoms with Crippen LogP contribution in [0.25, 0.3) is 0 Å². The van der Waals surface area contributed by atoms with Crippen molar-refractivity contribution in [2.24, 2.45) is 5.73 Å². The van der Waals surface area contributed by atoms with Crippen molar-refractivity contribution in [1.29, 1.82) is 0 Å². The highest BCUT2D eigenvalue weighted by Gasteiger charge is 2.55. The van der Waals surface area contributed by atoms with Crippen LogP contribution in [0, 0.1) is 0 Å². The van der Waals surface area contributed by atoms with Gasteiger partial charge in [0.15, 0.2) is 0 Å². The molecule has 0 bridgehead atoms. The molecule has 1 atom stereocenters. The van der Waals surface area contributed by atoms with Gasteiger partial charge in [-0.1, -0.05) is 0 Å². The largest absolute Gasteiger partial charge is 0.462 e. The summed E-state index contributed by atoms with van der Waals surface area (Å²) in [4.78, 5) is 11.0. The van der Waals surface area contributed by atoms with Crippen LogP contribution in [0.4, 0.5) is 13.2 Å². The monoisotopic (exact) mass is 229 g/mol. The predicted octanol–water partition coefficient (Wildman–Crippen LogP) is 0.846. The Bertz CT molecular complexity index is 216. The van der Waals surface area contributed by atoms with Crippen LogP contribution in [0.5, 0.6) is 0 Å². The van der Waals surface area contributed by atoms with Crippen molar-refractivity contribution < 1.29 is 27.4 Å². The molecule has 0 aromatic rings. The van der Waals surface area contributed by atoms with Gasteiger partial charge in [0.25, 0.3) is 0 Å². The van der Waals surface area contributed by atoms with Gasteiger partial charge >= 0.3 is 12.1 Å². The van der Waals surface area contributed by atoms with Crippen molar-refractivity contribution in [3.05, 3.63) is 0 Å². The fourth-order valence-corrected chi connectivity index (χ4v) is 0.603. The van der Waals surface area contributed by atoms with Gasteiger partial charge in [-0.15, -0.1) is 0 Å². The molecule has 0 saturated heterocycles. The summed E-state index contributed by atoms with van der Waals surface area (Å²) in [7, 11) is 0. The normalized spacial score (nSPS) is 15.9. The molecule has 2 N–H and O–H groups in total. The van der Waals surface area contributed by atoms with E-state index in [1.54, 1.807) is 6.92 Å². The number of hydrogen-bond donors (Lipinski definition) is 1. The number of ether oxygens (including phenoxy) is 2. The lowest BCUT2D eigenvalue weighted by atomic mass is 10.0. The summed E-state index contributed by atoms with van der Waals surface area (Å²) in [6, 6.07) is 0. The zero-order valence-electron chi connectivity index (χ0n) is 8.56. The van der Waals surface area contributed by atoms with Crippen molar-refractivity contribution in [2.45, 2.75) is 25.6 Å². The van der Waals surface area contributed by atoms with Gasteiger partial charge in [-0.05, 0) is 13.8 Å². The molecule has 0 aromatic heterocycles. The highest BCUT2D eigenvalue weighted by molar-refractivity contribution is 5.81. The summed E-state index contributed by atoms with van der Waals surface area (Å²) in [5, 5.41) is 0. The average molecular weight is 229 g/mol. The first kappa shape index (κ1) is 14.2. The molecule has 0 aromatic carbocycles. The van der Waals surface area contributed by atoms with Gasteiger partial charge in [0.1, 0.15) is 6.61 Å². The molecule has 7 heteroatoms. The lowest BCUT2D eigenvalue weighted by Crippen LogP contribution is -2.58. The van der Waals surface area contributed by atoms with E-state index in [0.717, 1.165) is 0 Å². The van der Waals surface area contributed by atoms with E-state index in [1.165, 1.54) is 0 Å². The predicted molar refractivity (Wildman–Crippen MR) is 46.1 cm³/mol. The number of halogens is 3. The number of carbonyl (C=O) groups excluding carboxylic acids is 1.